The molecule has 7 nitrogen and oxygen atoms in total. The molecule has 0 fully saturated rings. The quantitative estimate of drug-likeness (QED) is 0.0985. The fourth-order valence-electron chi connectivity index (χ4n) is 5.08. The normalized spacial score (nSPS) is 14.3. The number of hydrogen-bond donors (Lipinski definition) is 0. The number of hydrogen-bond acceptors (Lipinski definition) is 5. The Balaban J connectivity index is 1.54. The summed E-state index contributed by atoms with van der Waals surface area (Å²) >= 11 is 6.35. The fraction of sp³-hybridized carbons (Fsp3) is 0.222. The van der Waals surface area contributed by atoms with Gasteiger partial charge in [-0.3, -0.25) is 14.5 Å². The second kappa shape index (κ2) is 14.0. The lowest BCUT2D eigenvalue weighted by molar-refractivity contribution is -0.141. The van der Waals surface area contributed by atoms with Crippen LogP contribution in [0.5, 0.6) is 5.75 Å². The van der Waals surface area contributed by atoms with E-state index in [2.05, 4.69) is 6.92 Å². The molecule has 222 valence electrons. The van der Waals surface area contributed by atoms with Crippen molar-refractivity contribution in [1.82, 2.24) is 14.7 Å². The van der Waals surface area contributed by atoms with Crippen molar-refractivity contribution in [3.63, 3.8) is 0 Å². The van der Waals surface area contributed by atoms with Crippen LogP contribution in [-0.2, 0) is 16.1 Å². The minimum absolute atomic E-state index is 0.0524. The molecule has 0 unspecified atom stereocenters. The first-order valence-electron chi connectivity index (χ1n) is 14.7. The summed E-state index contributed by atoms with van der Waals surface area (Å²) in [6, 6.07) is 26.4. The molecule has 0 saturated heterocycles. The van der Waals surface area contributed by atoms with E-state index >= 15 is 0 Å². The summed E-state index contributed by atoms with van der Waals surface area (Å²) in [7, 11) is 0. The van der Waals surface area contributed by atoms with Gasteiger partial charge in [-0.1, -0.05) is 74.2 Å². The molecule has 44 heavy (non-hydrogen) atoms. The minimum atomic E-state index is -0.641. The number of nitrogens with zero attached hydrogens (tertiary/aromatic N) is 4. The van der Waals surface area contributed by atoms with Crippen LogP contribution in [0.2, 0.25) is 5.02 Å². The fourth-order valence-corrected chi connectivity index (χ4v) is 5.28. The third-order valence-electron chi connectivity index (χ3n) is 7.57. The third-order valence-corrected chi connectivity index (χ3v) is 7.94. The average molecular weight is 605 g/mol. The van der Waals surface area contributed by atoms with E-state index in [0.717, 1.165) is 34.7 Å². The van der Waals surface area contributed by atoms with Crippen LogP contribution in [0.15, 0.2) is 102 Å². The Bertz CT molecular complexity index is 1770. The lowest BCUT2D eigenvalue weighted by atomic mass is 9.93. The van der Waals surface area contributed by atoms with Crippen LogP contribution in [0.25, 0.3) is 23.0 Å². The van der Waals surface area contributed by atoms with Crippen molar-refractivity contribution in [2.75, 3.05) is 6.61 Å². The van der Waals surface area contributed by atoms with Gasteiger partial charge in [-0.25, -0.2) is 4.68 Å². The summed E-state index contributed by atoms with van der Waals surface area (Å²) in [6.07, 6.45) is 8.08. The number of rotatable bonds is 11. The maximum Gasteiger partial charge on any atom is 0.271 e. The Morgan fingerprint density at radius 1 is 0.932 bits per heavy atom. The largest absolute Gasteiger partial charge is 0.494 e. The number of para-hydroxylation sites is 1. The molecule has 2 heterocycles. The van der Waals surface area contributed by atoms with Crippen LogP contribution in [0.3, 0.4) is 0 Å². The lowest BCUT2D eigenvalue weighted by Crippen LogP contribution is -2.42. The maximum absolute atomic E-state index is 13.9. The minimum Gasteiger partial charge on any atom is -0.494 e. The highest BCUT2D eigenvalue weighted by Gasteiger charge is 2.36. The van der Waals surface area contributed by atoms with E-state index in [0.29, 0.717) is 34.0 Å². The van der Waals surface area contributed by atoms with Gasteiger partial charge in [-0.05, 0) is 73.0 Å². The zero-order valence-corrected chi connectivity index (χ0v) is 25.6. The smallest absolute Gasteiger partial charge is 0.271 e. The van der Waals surface area contributed by atoms with E-state index in [9.17, 15) is 14.9 Å². The molecule has 3 aromatic carbocycles. The number of amides is 2. The van der Waals surface area contributed by atoms with Crippen LogP contribution in [0.1, 0.15) is 50.7 Å². The number of halogens is 1. The number of imide groups is 1. The SMILES string of the molecule is CCCCCCOc1ccc(-c2nn(-c3ccccc3)cc2/C=C2/C(=O)N(Cc3ccccc3Cl)C(=O)C(C#N)=C2C)cc1. The van der Waals surface area contributed by atoms with Gasteiger partial charge in [-0.15, -0.1) is 0 Å². The van der Waals surface area contributed by atoms with Crippen molar-refractivity contribution >= 4 is 29.5 Å². The second-order valence-corrected chi connectivity index (χ2v) is 11.0. The van der Waals surface area contributed by atoms with Gasteiger partial charge in [0.25, 0.3) is 11.8 Å². The summed E-state index contributed by atoms with van der Waals surface area (Å²) < 4.78 is 7.69. The number of carbonyl (C=O) groups excluding carboxylic acids is 2. The van der Waals surface area contributed by atoms with Gasteiger partial charge >= 0.3 is 0 Å². The summed E-state index contributed by atoms with van der Waals surface area (Å²) in [5.41, 5.74) is 4.08. The number of unbranched alkanes of at least 4 members (excludes halogenated alkanes) is 3. The van der Waals surface area contributed by atoms with Gasteiger partial charge in [0.05, 0.1) is 24.5 Å². The monoisotopic (exact) mass is 604 g/mol. The Morgan fingerprint density at radius 3 is 2.36 bits per heavy atom. The molecule has 0 bridgehead atoms. The highest BCUT2D eigenvalue weighted by atomic mass is 35.5. The van der Waals surface area contributed by atoms with Crippen LogP contribution in [0, 0.1) is 11.3 Å². The van der Waals surface area contributed by atoms with E-state index in [1.54, 1.807) is 41.9 Å². The van der Waals surface area contributed by atoms with Gasteiger partial charge < -0.3 is 4.74 Å². The van der Waals surface area contributed by atoms with Gasteiger partial charge in [0, 0.05) is 27.9 Å². The molecule has 0 saturated carbocycles. The molecule has 2 amide bonds. The molecular formula is C36H33ClN4O3. The standard InChI is InChI=1S/C36H33ClN4O3/c1-3-4-5-11-20-44-30-18-16-26(17-19-30)34-28(24-41(39-34)29-13-7-6-8-14-29)21-31-25(2)32(22-38)36(43)40(35(31)42)23-27-12-9-10-15-33(27)37/h6-10,12-19,21,24H,3-5,11,20,23H2,1-2H3/b31-21+. The number of aromatic nitrogens is 2. The van der Waals surface area contributed by atoms with Crippen molar-refractivity contribution in [1.29, 1.82) is 5.26 Å². The number of benzene rings is 3. The molecule has 5 rings (SSSR count). The van der Waals surface area contributed by atoms with Crippen molar-refractivity contribution < 1.29 is 14.3 Å². The van der Waals surface area contributed by atoms with Crippen LogP contribution in [0.4, 0.5) is 0 Å². The van der Waals surface area contributed by atoms with E-state index in [1.807, 2.05) is 66.9 Å². The number of carbonyl (C=O) groups is 2. The Hall–Kier alpha value is -4.93. The summed E-state index contributed by atoms with van der Waals surface area (Å²) in [6.45, 7) is 4.42. The highest BCUT2D eigenvalue weighted by molar-refractivity contribution is 6.31. The van der Waals surface area contributed by atoms with Gasteiger partial charge in [0.1, 0.15) is 17.4 Å². The zero-order chi connectivity index (χ0) is 31.1. The molecular weight excluding hydrogens is 572 g/mol. The van der Waals surface area contributed by atoms with Crippen molar-refractivity contribution in [2.24, 2.45) is 0 Å². The van der Waals surface area contributed by atoms with Crippen LogP contribution < -0.4 is 4.74 Å². The van der Waals surface area contributed by atoms with E-state index in [-0.39, 0.29) is 17.7 Å². The van der Waals surface area contributed by atoms with Crippen molar-refractivity contribution in [3.05, 3.63) is 118 Å². The molecule has 4 aromatic rings. The summed E-state index contributed by atoms with van der Waals surface area (Å²) in [5.74, 6) is -0.365. The molecule has 1 aromatic heterocycles. The zero-order valence-electron chi connectivity index (χ0n) is 24.8. The van der Waals surface area contributed by atoms with Crippen LogP contribution in [-0.4, -0.2) is 33.1 Å². The van der Waals surface area contributed by atoms with E-state index in [1.165, 1.54) is 12.8 Å². The topological polar surface area (TPSA) is 88.2 Å². The highest BCUT2D eigenvalue weighted by Crippen LogP contribution is 2.33. The first-order chi connectivity index (χ1) is 21.4. The first-order valence-corrected chi connectivity index (χ1v) is 15.1. The van der Waals surface area contributed by atoms with Gasteiger partial charge in [0.15, 0.2) is 0 Å². The molecule has 0 radical (unpaired) electrons. The van der Waals surface area contributed by atoms with Gasteiger partial charge in [-0.2, -0.15) is 10.4 Å². The summed E-state index contributed by atoms with van der Waals surface area (Å²) in [5, 5.41) is 15.2. The lowest BCUT2D eigenvalue weighted by Gasteiger charge is -2.27. The van der Waals surface area contributed by atoms with Crippen molar-refractivity contribution in [2.45, 2.75) is 46.1 Å². The number of ether oxygens (including phenoxy) is 1. The van der Waals surface area contributed by atoms with Crippen LogP contribution >= 0.6 is 11.6 Å². The van der Waals surface area contributed by atoms with Gasteiger partial charge in [0.2, 0.25) is 0 Å². The third kappa shape index (κ3) is 6.66. The van der Waals surface area contributed by atoms with E-state index < -0.39 is 11.8 Å². The predicted molar refractivity (Wildman–Crippen MR) is 172 cm³/mol. The Labute approximate surface area is 262 Å². The Morgan fingerprint density at radius 2 is 1.66 bits per heavy atom. The second-order valence-electron chi connectivity index (χ2n) is 10.6. The molecule has 8 heteroatoms. The first kappa shape index (κ1) is 30.5. The molecule has 0 spiro atoms. The molecule has 1 aliphatic heterocycles. The summed E-state index contributed by atoms with van der Waals surface area (Å²) in [4.78, 5) is 28.2. The number of nitriles is 1. The maximum atomic E-state index is 13.9. The average Bonchev–Trinajstić information content (AvgIpc) is 3.47. The van der Waals surface area contributed by atoms with E-state index in [4.69, 9.17) is 21.4 Å². The molecule has 0 atom stereocenters. The Kier molecular flexibility index (Phi) is 9.73. The van der Waals surface area contributed by atoms with Crippen molar-refractivity contribution in [3.8, 4) is 28.8 Å². The molecule has 0 N–H and O–H groups in total. The molecule has 1 aliphatic rings. The molecule has 0 aliphatic carbocycles. The predicted octanol–water partition coefficient (Wildman–Crippen LogP) is 7.94.